The molecular formula is C70H67N. The number of hydrogen-bond donors (Lipinski definition) is 0. The molecule has 0 aliphatic heterocycles. The smallest absolute Gasteiger partial charge is 0.0725 e. The van der Waals surface area contributed by atoms with Gasteiger partial charge in [-0.3, -0.25) is 0 Å². The molecule has 0 aromatic heterocycles. The van der Waals surface area contributed by atoms with Gasteiger partial charge in [0.05, 0.1) is 16.8 Å². The molecule has 0 N–H and O–H groups in total. The lowest BCUT2D eigenvalue weighted by Gasteiger charge is -2.57. The fourth-order valence-electron chi connectivity index (χ4n) is 16.0. The van der Waals surface area contributed by atoms with Crippen molar-refractivity contribution in [3.8, 4) is 44.5 Å². The van der Waals surface area contributed by atoms with Crippen LogP contribution in [0, 0.1) is 17.8 Å². The highest BCUT2D eigenvalue weighted by Gasteiger charge is 2.54. The van der Waals surface area contributed by atoms with Gasteiger partial charge in [-0.1, -0.05) is 201 Å². The number of fused-ring (bicyclic) bond motifs is 13. The molecular weight excluding hydrogens is 855 g/mol. The molecule has 0 unspecified atom stereocenters. The Kier molecular flexibility index (Phi) is 9.05. The van der Waals surface area contributed by atoms with Crippen LogP contribution in [0.25, 0.3) is 44.5 Å². The van der Waals surface area contributed by atoms with Gasteiger partial charge >= 0.3 is 0 Å². The molecule has 352 valence electrons. The van der Waals surface area contributed by atoms with Gasteiger partial charge in [-0.25, -0.2) is 0 Å². The van der Waals surface area contributed by atoms with Crippen molar-refractivity contribution in [1.82, 2.24) is 0 Å². The summed E-state index contributed by atoms with van der Waals surface area (Å²) < 4.78 is 0. The fourth-order valence-corrected chi connectivity index (χ4v) is 16.0. The standard InChI is InChI=1S/C70H67N/c1-66(2,3)48-28-31-54-55-32-29-49(67(4,5)6)38-62(55)70(61(54)37-48)59-21-13-10-18-53(59)57-39-50(30-33-60(57)70)71(64-23-15-19-56-52-17-9-12-20-58(52)68(7,8)65(56)64)63-22-14-11-16-51(63)46-24-26-47(27-25-46)69-40-43-34-44(41-69)36-45(35-43)42-69/h9-33,37-39,43-45H,34-36,40-42H2,1-8H3. The SMILES string of the molecule is CC(C)(C)c1ccc2c(c1)C1(c3ccccc3-c3cc(N(c4ccccc4-c4ccc(C56CC7CC(CC(C7)C5)C6)cc4)c4cccc5c4C(C)(C)c4ccccc4-5)ccc31)c1cc(C(C)(C)C)ccc1-2. The molecule has 1 nitrogen and oxygen atoms in total. The van der Waals surface area contributed by atoms with Crippen LogP contribution in [0.3, 0.4) is 0 Å². The molecule has 0 heterocycles. The lowest BCUT2D eigenvalue weighted by atomic mass is 9.48. The third-order valence-electron chi connectivity index (χ3n) is 18.9. The summed E-state index contributed by atoms with van der Waals surface area (Å²) in [5.41, 5.74) is 26.6. The van der Waals surface area contributed by atoms with E-state index in [-0.39, 0.29) is 16.2 Å². The topological polar surface area (TPSA) is 3.24 Å². The first-order valence-electron chi connectivity index (χ1n) is 26.9. The fraction of sp³-hybridized carbons (Fsp3) is 0.314. The highest BCUT2D eigenvalue weighted by molar-refractivity contribution is 5.99. The summed E-state index contributed by atoms with van der Waals surface area (Å²) in [6, 6.07) is 67.1. The van der Waals surface area contributed by atoms with Crippen molar-refractivity contribution < 1.29 is 0 Å². The quantitative estimate of drug-likeness (QED) is 0.166. The summed E-state index contributed by atoms with van der Waals surface area (Å²) in [6.07, 6.45) is 8.56. The summed E-state index contributed by atoms with van der Waals surface area (Å²) in [5.74, 6) is 2.77. The van der Waals surface area contributed by atoms with Gasteiger partial charge in [0.2, 0.25) is 0 Å². The first kappa shape index (κ1) is 43.4. The van der Waals surface area contributed by atoms with Crippen LogP contribution in [0.5, 0.6) is 0 Å². The van der Waals surface area contributed by atoms with Crippen LogP contribution in [0.15, 0.2) is 170 Å². The van der Waals surface area contributed by atoms with Gasteiger partial charge in [-0.2, -0.15) is 0 Å². The van der Waals surface area contributed by atoms with Crippen molar-refractivity contribution in [3.05, 3.63) is 220 Å². The van der Waals surface area contributed by atoms with E-state index in [1.807, 2.05) is 0 Å². The van der Waals surface area contributed by atoms with Gasteiger partial charge < -0.3 is 4.90 Å². The summed E-state index contributed by atoms with van der Waals surface area (Å²) in [7, 11) is 0. The van der Waals surface area contributed by atoms with Crippen molar-refractivity contribution in [1.29, 1.82) is 0 Å². The minimum atomic E-state index is -0.462. The van der Waals surface area contributed by atoms with Crippen molar-refractivity contribution in [3.63, 3.8) is 0 Å². The Hall–Kier alpha value is -6.44. The van der Waals surface area contributed by atoms with Gasteiger partial charge in [0.1, 0.15) is 0 Å². The van der Waals surface area contributed by atoms with E-state index in [2.05, 4.69) is 230 Å². The van der Waals surface area contributed by atoms with Gasteiger partial charge in [-0.15, -0.1) is 0 Å². The average molecular weight is 922 g/mol. The zero-order valence-electron chi connectivity index (χ0n) is 43.1. The second-order valence-corrected chi connectivity index (χ2v) is 25.5. The zero-order valence-corrected chi connectivity index (χ0v) is 43.1. The second-order valence-electron chi connectivity index (χ2n) is 25.5. The van der Waals surface area contributed by atoms with E-state index in [9.17, 15) is 0 Å². The van der Waals surface area contributed by atoms with E-state index in [4.69, 9.17) is 0 Å². The Labute approximate surface area is 423 Å². The molecule has 15 rings (SSSR count). The zero-order chi connectivity index (χ0) is 48.4. The van der Waals surface area contributed by atoms with Crippen molar-refractivity contribution in [2.45, 2.75) is 121 Å². The van der Waals surface area contributed by atoms with E-state index in [0.29, 0.717) is 5.41 Å². The minimum absolute atomic E-state index is 0.00120. The maximum atomic E-state index is 2.63. The van der Waals surface area contributed by atoms with Gasteiger partial charge in [0.25, 0.3) is 0 Å². The van der Waals surface area contributed by atoms with Crippen LogP contribution in [-0.4, -0.2) is 0 Å². The van der Waals surface area contributed by atoms with E-state index in [0.717, 1.165) is 17.8 Å². The Balaban J connectivity index is 0.994. The van der Waals surface area contributed by atoms with Gasteiger partial charge in [0, 0.05) is 16.7 Å². The molecule has 0 atom stereocenters. The molecule has 4 saturated carbocycles. The normalized spacial score (nSPS) is 22.2. The van der Waals surface area contributed by atoms with Crippen LogP contribution < -0.4 is 4.90 Å². The Bertz CT molecular complexity index is 3410. The largest absolute Gasteiger partial charge is 0.310 e. The van der Waals surface area contributed by atoms with Crippen molar-refractivity contribution in [2.75, 3.05) is 4.90 Å². The number of rotatable bonds is 5. The lowest BCUT2D eigenvalue weighted by Crippen LogP contribution is -2.48. The summed E-state index contributed by atoms with van der Waals surface area (Å²) in [6.45, 7) is 19.0. The first-order valence-corrected chi connectivity index (χ1v) is 26.9. The maximum absolute atomic E-state index is 2.63. The van der Waals surface area contributed by atoms with Crippen LogP contribution >= 0.6 is 0 Å². The number of benzene rings is 8. The molecule has 0 radical (unpaired) electrons. The lowest BCUT2D eigenvalue weighted by molar-refractivity contribution is -0.00518. The highest BCUT2D eigenvalue weighted by atomic mass is 15.1. The molecule has 71 heavy (non-hydrogen) atoms. The Morgan fingerprint density at radius 2 is 0.901 bits per heavy atom. The van der Waals surface area contributed by atoms with Gasteiger partial charge in [-0.05, 0) is 186 Å². The third kappa shape index (κ3) is 6.11. The molecule has 8 aromatic rings. The second kappa shape index (κ2) is 14.8. The number of anilines is 3. The summed E-state index contributed by atoms with van der Waals surface area (Å²) >= 11 is 0. The van der Waals surface area contributed by atoms with Crippen LogP contribution in [0.4, 0.5) is 17.1 Å². The average Bonchev–Trinajstić information content (AvgIpc) is 3.91. The molecule has 1 spiro atoms. The molecule has 7 aliphatic carbocycles. The van der Waals surface area contributed by atoms with Crippen LogP contribution in [0.1, 0.15) is 144 Å². The third-order valence-corrected chi connectivity index (χ3v) is 18.9. The molecule has 4 bridgehead atoms. The van der Waals surface area contributed by atoms with E-state index < -0.39 is 5.41 Å². The van der Waals surface area contributed by atoms with E-state index in [1.54, 1.807) is 5.56 Å². The predicted octanol–water partition coefficient (Wildman–Crippen LogP) is 18.5. The minimum Gasteiger partial charge on any atom is -0.310 e. The Morgan fingerprint density at radius 1 is 0.408 bits per heavy atom. The molecule has 4 fully saturated rings. The first-order chi connectivity index (χ1) is 34.1. The van der Waals surface area contributed by atoms with Crippen molar-refractivity contribution in [2.24, 2.45) is 17.8 Å². The maximum Gasteiger partial charge on any atom is 0.0725 e. The monoisotopic (exact) mass is 922 g/mol. The van der Waals surface area contributed by atoms with Gasteiger partial charge in [0.15, 0.2) is 0 Å². The molecule has 0 amide bonds. The molecule has 0 saturated heterocycles. The predicted molar refractivity (Wildman–Crippen MR) is 298 cm³/mol. The summed E-state index contributed by atoms with van der Waals surface area (Å²) in [5, 5.41) is 0. The Morgan fingerprint density at radius 3 is 1.51 bits per heavy atom. The van der Waals surface area contributed by atoms with E-state index in [1.165, 1.54) is 145 Å². The molecule has 1 heteroatoms. The van der Waals surface area contributed by atoms with Crippen LogP contribution in [-0.2, 0) is 27.1 Å². The summed E-state index contributed by atoms with van der Waals surface area (Å²) in [4.78, 5) is 2.63. The molecule has 8 aromatic carbocycles. The van der Waals surface area contributed by atoms with Crippen molar-refractivity contribution >= 4 is 17.1 Å². The van der Waals surface area contributed by atoms with Crippen LogP contribution in [0.2, 0.25) is 0 Å². The van der Waals surface area contributed by atoms with E-state index >= 15 is 0 Å². The number of nitrogens with zero attached hydrogens (tertiary/aromatic N) is 1. The highest BCUT2D eigenvalue weighted by Crippen LogP contribution is 2.65. The molecule has 7 aliphatic rings. The number of hydrogen-bond acceptors (Lipinski definition) is 1. The number of para-hydroxylation sites is 1.